The summed E-state index contributed by atoms with van der Waals surface area (Å²) < 4.78 is 0. The third kappa shape index (κ3) is 2.31. The summed E-state index contributed by atoms with van der Waals surface area (Å²) in [4.78, 5) is 12.0. The van der Waals surface area contributed by atoms with E-state index in [1.807, 2.05) is 6.92 Å². The van der Waals surface area contributed by atoms with Gasteiger partial charge in [0, 0.05) is 11.0 Å². The first-order valence-electron chi connectivity index (χ1n) is 8.11. The minimum atomic E-state index is -0.649. The molecule has 1 fully saturated rings. The zero-order chi connectivity index (χ0) is 15.1. The van der Waals surface area contributed by atoms with Crippen molar-refractivity contribution in [3.8, 4) is 0 Å². The van der Waals surface area contributed by atoms with Gasteiger partial charge in [-0.3, -0.25) is 4.79 Å². The molecule has 0 bridgehead atoms. The first kappa shape index (κ1) is 17.5. The summed E-state index contributed by atoms with van der Waals surface area (Å²) in [6.45, 7) is 5.25. The Morgan fingerprint density at radius 1 is 1.36 bits per heavy atom. The summed E-state index contributed by atoms with van der Waals surface area (Å²) in [5.41, 5.74) is 2.23. The minimum absolute atomic E-state index is 0. The van der Waals surface area contributed by atoms with E-state index in [0.29, 0.717) is 6.42 Å². The Morgan fingerprint density at radius 3 is 2.77 bits per heavy atom. The molecular weight excluding hydrogens is 342 g/mol. The van der Waals surface area contributed by atoms with Crippen LogP contribution in [0.25, 0.3) is 0 Å². The lowest BCUT2D eigenvalue weighted by Gasteiger charge is -2.58. The van der Waals surface area contributed by atoms with Crippen molar-refractivity contribution in [3.63, 3.8) is 0 Å². The quantitative estimate of drug-likeness (QED) is 0.855. The number of aryl methyl sites for hydroxylation is 1. The highest BCUT2D eigenvalue weighted by atomic mass is 79.9. The lowest BCUT2D eigenvalue weighted by molar-refractivity contribution is -0.147. The second kappa shape index (κ2) is 6.32. The molecule has 4 heteroatoms. The molecule has 1 aromatic rings. The second-order valence-electron chi connectivity index (χ2n) is 6.79. The average molecular weight is 368 g/mol. The van der Waals surface area contributed by atoms with E-state index < -0.39 is 5.97 Å². The zero-order valence-corrected chi connectivity index (χ0v) is 15.1. The van der Waals surface area contributed by atoms with Crippen molar-refractivity contribution >= 4 is 23.0 Å². The highest BCUT2D eigenvalue weighted by Gasteiger charge is 2.58. The van der Waals surface area contributed by atoms with Crippen molar-refractivity contribution < 1.29 is 9.90 Å². The van der Waals surface area contributed by atoms with Gasteiger partial charge in [-0.1, -0.05) is 31.2 Å². The number of hydrogen-bond donors (Lipinski definition) is 2. The van der Waals surface area contributed by atoms with Gasteiger partial charge in [0.15, 0.2) is 0 Å². The first-order chi connectivity index (χ1) is 10.0. The third-order valence-corrected chi connectivity index (χ3v) is 5.94. The summed E-state index contributed by atoms with van der Waals surface area (Å²) in [7, 11) is 0. The van der Waals surface area contributed by atoms with E-state index in [4.69, 9.17) is 0 Å². The number of fused-ring (bicyclic) bond motifs is 3. The van der Waals surface area contributed by atoms with Crippen LogP contribution >= 0.6 is 17.0 Å². The first-order valence-corrected chi connectivity index (χ1v) is 8.11. The molecule has 1 aliphatic carbocycles. The predicted molar refractivity (Wildman–Crippen MR) is 93.8 cm³/mol. The van der Waals surface area contributed by atoms with Crippen LogP contribution < -0.4 is 5.32 Å². The van der Waals surface area contributed by atoms with Crippen molar-refractivity contribution in [2.45, 2.75) is 56.9 Å². The Balaban J connectivity index is 0.00000176. The highest BCUT2D eigenvalue weighted by Crippen LogP contribution is 2.54. The molecule has 3 nitrogen and oxygen atoms in total. The molecule has 0 spiro atoms. The van der Waals surface area contributed by atoms with Gasteiger partial charge in [0.2, 0.25) is 0 Å². The molecule has 3 rings (SSSR count). The number of halogens is 1. The van der Waals surface area contributed by atoms with Crippen LogP contribution in [0, 0.1) is 5.92 Å². The molecule has 1 heterocycles. The standard InChI is InChI=1S/C18H25NO2.BrH/c1-3-14(16(20)21)18-10-6-12-19-17(18,2)11-9-13-7-4-5-8-15(13)18;/h4-5,7-8,14,19H,3,6,9-12H2,1-2H3,(H,20,21);1H/t14?,17?,18-;/m1./s1. The Bertz CT molecular complexity index is 562. The number of benzene rings is 1. The van der Waals surface area contributed by atoms with Crippen LogP contribution in [0.2, 0.25) is 0 Å². The molecule has 22 heavy (non-hydrogen) atoms. The maximum atomic E-state index is 12.0. The number of aliphatic carboxylic acids is 1. The molecular formula is C18H26BrNO2. The highest BCUT2D eigenvalue weighted by molar-refractivity contribution is 8.93. The number of nitrogens with one attached hydrogen (secondary N) is 1. The zero-order valence-electron chi connectivity index (χ0n) is 13.4. The topological polar surface area (TPSA) is 49.3 Å². The molecule has 0 amide bonds. The molecule has 0 aromatic heterocycles. The predicted octanol–water partition coefficient (Wildman–Crippen LogP) is 3.70. The summed E-state index contributed by atoms with van der Waals surface area (Å²) in [6.07, 6.45) is 4.76. The molecule has 1 aromatic carbocycles. The van der Waals surface area contributed by atoms with E-state index in [-0.39, 0.29) is 33.9 Å². The van der Waals surface area contributed by atoms with Crippen LogP contribution in [0.15, 0.2) is 24.3 Å². The Hall–Kier alpha value is -0.870. The van der Waals surface area contributed by atoms with E-state index in [2.05, 4.69) is 36.5 Å². The monoisotopic (exact) mass is 367 g/mol. The smallest absolute Gasteiger partial charge is 0.307 e. The van der Waals surface area contributed by atoms with Gasteiger partial charge < -0.3 is 10.4 Å². The molecule has 0 radical (unpaired) electrons. The van der Waals surface area contributed by atoms with Crippen molar-refractivity contribution in [3.05, 3.63) is 35.4 Å². The summed E-state index contributed by atoms with van der Waals surface area (Å²) >= 11 is 0. The van der Waals surface area contributed by atoms with Crippen LogP contribution in [0.5, 0.6) is 0 Å². The molecule has 3 atom stereocenters. The van der Waals surface area contributed by atoms with Crippen molar-refractivity contribution in [1.82, 2.24) is 5.32 Å². The normalized spacial score (nSPS) is 31.4. The largest absolute Gasteiger partial charge is 0.481 e. The number of carboxylic acid groups (broad SMARTS) is 1. The molecule has 122 valence electrons. The molecule has 1 saturated heterocycles. The maximum Gasteiger partial charge on any atom is 0.307 e. The Morgan fingerprint density at radius 2 is 2.09 bits per heavy atom. The van der Waals surface area contributed by atoms with Crippen molar-refractivity contribution in [2.24, 2.45) is 5.92 Å². The van der Waals surface area contributed by atoms with Gasteiger partial charge in [0.25, 0.3) is 0 Å². The van der Waals surface area contributed by atoms with Crippen LogP contribution in [-0.2, 0) is 16.6 Å². The Labute approximate surface area is 143 Å². The Kier molecular flexibility index (Phi) is 5.03. The summed E-state index contributed by atoms with van der Waals surface area (Å²) in [5.74, 6) is -0.971. The SMILES string of the molecule is Br.CCC(C(=O)O)[C@@]12CCCNC1(C)CCc1ccccc12. The number of hydrogen-bond acceptors (Lipinski definition) is 2. The van der Waals surface area contributed by atoms with E-state index in [1.54, 1.807) is 0 Å². The molecule has 2 aliphatic rings. The number of carbonyl (C=O) groups is 1. The lowest BCUT2D eigenvalue weighted by Crippen LogP contribution is -2.68. The number of piperidine rings is 1. The summed E-state index contributed by atoms with van der Waals surface area (Å²) in [6, 6.07) is 8.49. The van der Waals surface area contributed by atoms with Gasteiger partial charge in [0.05, 0.1) is 5.92 Å². The fraction of sp³-hybridized carbons (Fsp3) is 0.611. The molecule has 0 saturated carbocycles. The van der Waals surface area contributed by atoms with Gasteiger partial charge in [-0.25, -0.2) is 0 Å². The second-order valence-corrected chi connectivity index (χ2v) is 6.79. The van der Waals surface area contributed by atoms with E-state index in [1.165, 1.54) is 11.1 Å². The van der Waals surface area contributed by atoms with Gasteiger partial charge in [-0.2, -0.15) is 0 Å². The lowest BCUT2D eigenvalue weighted by atomic mass is 9.50. The molecule has 1 aliphatic heterocycles. The molecule has 2 unspecified atom stereocenters. The van der Waals surface area contributed by atoms with Crippen molar-refractivity contribution in [1.29, 1.82) is 0 Å². The number of carboxylic acids is 1. The van der Waals surface area contributed by atoms with Crippen LogP contribution in [-0.4, -0.2) is 23.2 Å². The molecule has 2 N–H and O–H groups in total. The van der Waals surface area contributed by atoms with Gasteiger partial charge in [-0.05, 0) is 56.7 Å². The van der Waals surface area contributed by atoms with Crippen LogP contribution in [0.1, 0.15) is 50.7 Å². The van der Waals surface area contributed by atoms with Crippen LogP contribution in [0.4, 0.5) is 0 Å². The average Bonchev–Trinajstić information content (AvgIpc) is 2.48. The maximum absolute atomic E-state index is 12.0. The van der Waals surface area contributed by atoms with Crippen LogP contribution in [0.3, 0.4) is 0 Å². The van der Waals surface area contributed by atoms with E-state index in [9.17, 15) is 9.90 Å². The van der Waals surface area contributed by atoms with E-state index in [0.717, 1.165) is 32.2 Å². The fourth-order valence-corrected chi connectivity index (χ4v) is 4.95. The van der Waals surface area contributed by atoms with Gasteiger partial charge in [-0.15, -0.1) is 17.0 Å². The fourth-order valence-electron chi connectivity index (χ4n) is 4.95. The third-order valence-electron chi connectivity index (χ3n) is 5.94. The number of rotatable bonds is 3. The van der Waals surface area contributed by atoms with E-state index >= 15 is 0 Å². The summed E-state index contributed by atoms with van der Waals surface area (Å²) in [5, 5.41) is 13.6. The van der Waals surface area contributed by atoms with Gasteiger partial charge in [0.1, 0.15) is 0 Å². The van der Waals surface area contributed by atoms with Gasteiger partial charge >= 0.3 is 5.97 Å². The minimum Gasteiger partial charge on any atom is -0.481 e. The van der Waals surface area contributed by atoms with Crippen molar-refractivity contribution in [2.75, 3.05) is 6.54 Å².